The van der Waals surface area contributed by atoms with Crippen molar-refractivity contribution in [1.29, 1.82) is 0 Å². The minimum Gasteiger partial charge on any atom is -0.489 e. The summed E-state index contributed by atoms with van der Waals surface area (Å²) >= 11 is 5.80. The van der Waals surface area contributed by atoms with E-state index in [-0.39, 0.29) is 6.03 Å². The average Bonchev–Trinajstić information content (AvgIpc) is 2.61. The Bertz CT molecular complexity index is 856. The summed E-state index contributed by atoms with van der Waals surface area (Å²) in [6.45, 7) is 0.464. The van der Waals surface area contributed by atoms with Crippen LogP contribution in [0.3, 0.4) is 0 Å². The first-order valence-electron chi connectivity index (χ1n) is 7.65. The Hall–Kier alpha value is -3.05. The number of ether oxygens (including phenoxy) is 1. The van der Waals surface area contributed by atoms with Gasteiger partial charge in [0.2, 0.25) is 0 Å². The van der Waals surface area contributed by atoms with Crippen LogP contribution in [0, 0.1) is 0 Å². The number of nitrogens with zero attached hydrogens (tertiary/aromatic N) is 1. The van der Waals surface area contributed by atoms with E-state index in [1.807, 2.05) is 42.5 Å². The summed E-state index contributed by atoms with van der Waals surface area (Å²) in [6, 6.07) is 19.9. The maximum absolute atomic E-state index is 12.1. The van der Waals surface area contributed by atoms with Crippen LogP contribution < -0.4 is 15.4 Å². The molecule has 0 saturated carbocycles. The number of amides is 2. The van der Waals surface area contributed by atoms with Gasteiger partial charge in [0, 0.05) is 23.6 Å². The minimum absolute atomic E-state index is 0.314. The number of halogens is 1. The SMILES string of the molecule is O=C(Nc1cccc(OCc2ccccc2)c1)Nc1ccnc(Cl)c1. The molecule has 6 heteroatoms. The number of benzene rings is 2. The summed E-state index contributed by atoms with van der Waals surface area (Å²) in [5.41, 5.74) is 2.27. The molecule has 0 fully saturated rings. The van der Waals surface area contributed by atoms with Gasteiger partial charge < -0.3 is 15.4 Å². The summed E-state index contributed by atoms with van der Waals surface area (Å²) in [4.78, 5) is 15.9. The molecule has 1 heterocycles. The number of hydrogen-bond donors (Lipinski definition) is 2. The Balaban J connectivity index is 1.58. The van der Waals surface area contributed by atoms with Crippen molar-refractivity contribution >= 4 is 29.0 Å². The fraction of sp³-hybridized carbons (Fsp3) is 0.0526. The highest BCUT2D eigenvalue weighted by atomic mass is 35.5. The van der Waals surface area contributed by atoms with Gasteiger partial charge in [0.1, 0.15) is 17.5 Å². The largest absolute Gasteiger partial charge is 0.489 e. The van der Waals surface area contributed by atoms with Crippen molar-refractivity contribution in [3.63, 3.8) is 0 Å². The number of carbonyl (C=O) groups is 1. The summed E-state index contributed by atoms with van der Waals surface area (Å²) in [6.07, 6.45) is 1.52. The molecule has 0 aliphatic heterocycles. The lowest BCUT2D eigenvalue weighted by atomic mass is 10.2. The normalized spacial score (nSPS) is 10.1. The zero-order chi connectivity index (χ0) is 17.5. The van der Waals surface area contributed by atoms with Crippen LogP contribution in [0.15, 0.2) is 72.9 Å². The minimum atomic E-state index is -0.373. The molecule has 3 aromatic rings. The van der Waals surface area contributed by atoms with Crippen molar-refractivity contribution in [3.05, 3.63) is 83.6 Å². The smallest absolute Gasteiger partial charge is 0.323 e. The van der Waals surface area contributed by atoms with Crippen molar-refractivity contribution < 1.29 is 9.53 Å². The number of aromatic nitrogens is 1. The Kier molecular flexibility index (Phi) is 5.49. The lowest BCUT2D eigenvalue weighted by Gasteiger charge is -2.10. The Morgan fingerprint density at radius 2 is 1.72 bits per heavy atom. The van der Waals surface area contributed by atoms with E-state index < -0.39 is 0 Å². The number of hydrogen-bond acceptors (Lipinski definition) is 3. The van der Waals surface area contributed by atoms with Gasteiger partial charge >= 0.3 is 6.03 Å². The molecule has 3 rings (SSSR count). The van der Waals surface area contributed by atoms with E-state index in [4.69, 9.17) is 16.3 Å². The maximum atomic E-state index is 12.1. The van der Waals surface area contributed by atoms with Crippen LogP contribution in [0.25, 0.3) is 0 Å². The number of nitrogens with one attached hydrogen (secondary N) is 2. The highest BCUT2D eigenvalue weighted by molar-refractivity contribution is 6.29. The molecular formula is C19H16ClN3O2. The van der Waals surface area contributed by atoms with Gasteiger partial charge in [-0.05, 0) is 29.8 Å². The molecule has 25 heavy (non-hydrogen) atoms. The maximum Gasteiger partial charge on any atom is 0.323 e. The molecule has 2 amide bonds. The van der Waals surface area contributed by atoms with Crippen molar-refractivity contribution in [2.75, 3.05) is 10.6 Å². The van der Waals surface area contributed by atoms with E-state index in [9.17, 15) is 4.79 Å². The van der Waals surface area contributed by atoms with Gasteiger partial charge in [0.25, 0.3) is 0 Å². The third-order valence-electron chi connectivity index (χ3n) is 3.32. The van der Waals surface area contributed by atoms with Crippen LogP contribution in [0.1, 0.15) is 5.56 Å². The summed E-state index contributed by atoms with van der Waals surface area (Å²) < 4.78 is 5.75. The van der Waals surface area contributed by atoms with E-state index >= 15 is 0 Å². The Morgan fingerprint density at radius 1 is 0.960 bits per heavy atom. The molecule has 1 aromatic heterocycles. The molecule has 2 aromatic carbocycles. The number of rotatable bonds is 5. The third kappa shape index (κ3) is 5.22. The van der Waals surface area contributed by atoms with Crippen LogP contribution in [0.4, 0.5) is 16.2 Å². The highest BCUT2D eigenvalue weighted by Crippen LogP contribution is 2.19. The Labute approximate surface area is 150 Å². The number of pyridine rings is 1. The molecule has 5 nitrogen and oxygen atoms in total. The van der Waals surface area contributed by atoms with Crippen LogP contribution in [0.5, 0.6) is 5.75 Å². The molecule has 126 valence electrons. The van der Waals surface area contributed by atoms with Crippen LogP contribution in [0.2, 0.25) is 5.15 Å². The first-order valence-corrected chi connectivity index (χ1v) is 8.03. The predicted octanol–water partition coefficient (Wildman–Crippen LogP) is 4.96. The van der Waals surface area contributed by atoms with Crippen LogP contribution in [-0.2, 0) is 6.61 Å². The van der Waals surface area contributed by atoms with Crippen molar-refractivity contribution in [2.24, 2.45) is 0 Å². The lowest BCUT2D eigenvalue weighted by molar-refractivity contribution is 0.262. The standard InChI is InChI=1S/C19H16ClN3O2/c20-18-12-16(9-10-21-18)23-19(24)22-15-7-4-8-17(11-15)25-13-14-5-2-1-3-6-14/h1-12H,13H2,(H2,21,22,23,24). The van der Waals surface area contributed by atoms with E-state index in [0.717, 1.165) is 5.56 Å². The quantitative estimate of drug-likeness (QED) is 0.637. The van der Waals surface area contributed by atoms with Gasteiger partial charge in [-0.25, -0.2) is 9.78 Å². The average molecular weight is 354 g/mol. The first kappa shape index (κ1) is 16.8. The fourth-order valence-electron chi connectivity index (χ4n) is 2.18. The summed E-state index contributed by atoms with van der Waals surface area (Å²) in [5, 5.41) is 5.76. The molecular weight excluding hydrogens is 338 g/mol. The molecule has 0 unspecified atom stereocenters. The van der Waals surface area contributed by atoms with Gasteiger partial charge in [-0.3, -0.25) is 0 Å². The summed E-state index contributed by atoms with van der Waals surface area (Å²) in [7, 11) is 0. The number of urea groups is 1. The van der Waals surface area contributed by atoms with Crippen molar-refractivity contribution in [2.45, 2.75) is 6.61 Å². The van der Waals surface area contributed by atoms with E-state index in [2.05, 4.69) is 15.6 Å². The monoisotopic (exact) mass is 353 g/mol. The molecule has 0 spiro atoms. The van der Waals surface area contributed by atoms with Gasteiger partial charge in [-0.1, -0.05) is 48.0 Å². The van der Waals surface area contributed by atoms with Crippen LogP contribution in [-0.4, -0.2) is 11.0 Å². The fourth-order valence-corrected chi connectivity index (χ4v) is 2.35. The Morgan fingerprint density at radius 3 is 2.48 bits per heavy atom. The zero-order valence-corrected chi connectivity index (χ0v) is 14.0. The van der Waals surface area contributed by atoms with Crippen molar-refractivity contribution in [3.8, 4) is 5.75 Å². The second kappa shape index (κ2) is 8.17. The predicted molar refractivity (Wildman–Crippen MR) is 99.1 cm³/mol. The molecule has 0 atom stereocenters. The van der Waals surface area contributed by atoms with E-state index in [1.165, 1.54) is 6.20 Å². The lowest BCUT2D eigenvalue weighted by Crippen LogP contribution is -2.19. The molecule has 2 N–H and O–H groups in total. The van der Waals surface area contributed by atoms with Gasteiger partial charge in [0.05, 0.1) is 0 Å². The van der Waals surface area contributed by atoms with E-state index in [1.54, 1.807) is 24.3 Å². The number of carbonyl (C=O) groups excluding carboxylic acids is 1. The zero-order valence-electron chi connectivity index (χ0n) is 13.3. The molecule has 0 aliphatic carbocycles. The van der Waals surface area contributed by atoms with Gasteiger partial charge in [0.15, 0.2) is 0 Å². The molecule has 0 aliphatic rings. The van der Waals surface area contributed by atoms with Crippen molar-refractivity contribution in [1.82, 2.24) is 4.98 Å². The van der Waals surface area contributed by atoms with Crippen LogP contribution >= 0.6 is 11.6 Å². The van der Waals surface area contributed by atoms with Gasteiger partial charge in [-0.15, -0.1) is 0 Å². The van der Waals surface area contributed by atoms with E-state index in [0.29, 0.717) is 28.9 Å². The molecule has 0 bridgehead atoms. The highest BCUT2D eigenvalue weighted by Gasteiger charge is 2.05. The molecule has 0 saturated heterocycles. The third-order valence-corrected chi connectivity index (χ3v) is 3.53. The molecule has 0 radical (unpaired) electrons. The van der Waals surface area contributed by atoms with Gasteiger partial charge in [-0.2, -0.15) is 0 Å². The topological polar surface area (TPSA) is 63.2 Å². The second-order valence-electron chi connectivity index (χ2n) is 5.25. The second-order valence-corrected chi connectivity index (χ2v) is 5.64. The first-order chi connectivity index (χ1) is 12.2. The number of anilines is 2. The summed E-state index contributed by atoms with van der Waals surface area (Å²) in [5.74, 6) is 0.675.